The van der Waals surface area contributed by atoms with Gasteiger partial charge in [0.05, 0.1) is 29.4 Å². The predicted molar refractivity (Wildman–Crippen MR) is 108 cm³/mol. The number of hydrogen-bond donors (Lipinski definition) is 2. The lowest BCUT2D eigenvalue weighted by Gasteiger charge is -2.25. The molecule has 3 rings (SSSR count). The predicted octanol–water partition coefficient (Wildman–Crippen LogP) is 2.87. The van der Waals surface area contributed by atoms with Gasteiger partial charge < -0.3 is 14.8 Å². The molecule has 1 heterocycles. The molecule has 8 nitrogen and oxygen atoms in total. The van der Waals surface area contributed by atoms with Gasteiger partial charge in [-0.05, 0) is 47.9 Å². The van der Waals surface area contributed by atoms with Gasteiger partial charge in [-0.1, -0.05) is 13.0 Å². The van der Waals surface area contributed by atoms with Crippen molar-refractivity contribution < 1.29 is 23.1 Å². The van der Waals surface area contributed by atoms with Gasteiger partial charge in [0, 0.05) is 19.5 Å². The Morgan fingerprint density at radius 3 is 2.62 bits per heavy atom. The third-order valence-electron chi connectivity index (χ3n) is 4.58. The Morgan fingerprint density at radius 1 is 1.24 bits per heavy atom. The summed E-state index contributed by atoms with van der Waals surface area (Å²) in [5, 5.41) is 9.07. The fourth-order valence-corrected chi connectivity index (χ4v) is 4.69. The van der Waals surface area contributed by atoms with Crippen molar-refractivity contribution in [3.63, 3.8) is 0 Å². The molecule has 1 atom stereocenters. The maximum absolute atomic E-state index is 13.3. The van der Waals surface area contributed by atoms with E-state index in [9.17, 15) is 13.2 Å². The first-order valence-electron chi connectivity index (χ1n) is 9.07. The molecule has 0 aliphatic heterocycles. The van der Waals surface area contributed by atoms with Crippen LogP contribution in [0.3, 0.4) is 0 Å². The van der Waals surface area contributed by atoms with Gasteiger partial charge in [-0.15, -0.1) is 0 Å². The largest absolute Gasteiger partial charge is 0.497 e. The number of fused-ring (bicyclic) bond motifs is 1. The Balaban J connectivity index is 1.92. The fraction of sp³-hybridized carbons (Fsp3) is 0.300. The Morgan fingerprint density at radius 2 is 1.97 bits per heavy atom. The van der Waals surface area contributed by atoms with Gasteiger partial charge in [-0.3, -0.25) is 4.79 Å². The van der Waals surface area contributed by atoms with Crippen LogP contribution >= 0.6 is 0 Å². The van der Waals surface area contributed by atoms with E-state index in [1.807, 2.05) is 18.2 Å². The van der Waals surface area contributed by atoms with E-state index in [0.717, 1.165) is 16.6 Å². The standard InChI is InChI=1S/C20H23N3O5S/c1-14(9-20(24)25)11-23(12-15-3-8-18-19(10-15)22-13-21-18)29(26,27)17-6-4-16(28-2)5-7-17/h3-8,10,13-14H,9,11-12H2,1-2H3,(H,21,22)(H,24,25). The number of carbonyl (C=O) groups is 1. The molecule has 0 aliphatic carbocycles. The summed E-state index contributed by atoms with van der Waals surface area (Å²) in [6, 6.07) is 11.6. The number of aromatic amines is 1. The number of rotatable bonds is 9. The first-order chi connectivity index (χ1) is 13.8. The molecular formula is C20H23N3O5S. The summed E-state index contributed by atoms with van der Waals surface area (Å²) in [7, 11) is -2.33. The zero-order valence-electron chi connectivity index (χ0n) is 16.2. The van der Waals surface area contributed by atoms with E-state index in [4.69, 9.17) is 9.84 Å². The minimum absolute atomic E-state index is 0.0850. The highest BCUT2D eigenvalue weighted by molar-refractivity contribution is 7.89. The number of methoxy groups -OCH3 is 1. The lowest BCUT2D eigenvalue weighted by atomic mass is 10.1. The van der Waals surface area contributed by atoms with Crippen LogP contribution in [0, 0.1) is 5.92 Å². The van der Waals surface area contributed by atoms with Crippen molar-refractivity contribution in [2.45, 2.75) is 24.8 Å². The first kappa shape index (κ1) is 20.8. The Kier molecular flexibility index (Phi) is 6.19. The van der Waals surface area contributed by atoms with Crippen LogP contribution in [-0.2, 0) is 21.4 Å². The van der Waals surface area contributed by atoms with Crippen molar-refractivity contribution in [2.24, 2.45) is 5.92 Å². The Hall–Kier alpha value is -2.91. The number of carboxylic acid groups (broad SMARTS) is 1. The number of aliphatic carboxylic acids is 1. The summed E-state index contributed by atoms with van der Waals surface area (Å²) in [4.78, 5) is 18.4. The molecule has 154 valence electrons. The number of imidazole rings is 1. The number of ether oxygens (including phenoxy) is 1. The van der Waals surface area contributed by atoms with Gasteiger partial charge in [0.2, 0.25) is 10.0 Å². The summed E-state index contributed by atoms with van der Waals surface area (Å²) >= 11 is 0. The molecule has 29 heavy (non-hydrogen) atoms. The van der Waals surface area contributed by atoms with Gasteiger partial charge in [0.1, 0.15) is 5.75 Å². The van der Waals surface area contributed by atoms with E-state index in [1.165, 1.54) is 23.5 Å². The van der Waals surface area contributed by atoms with Crippen molar-refractivity contribution in [3.05, 3.63) is 54.4 Å². The quantitative estimate of drug-likeness (QED) is 0.554. The lowest BCUT2D eigenvalue weighted by molar-refractivity contribution is -0.138. The third-order valence-corrected chi connectivity index (χ3v) is 6.41. The molecule has 0 spiro atoms. The van der Waals surface area contributed by atoms with E-state index >= 15 is 0 Å². The third kappa shape index (κ3) is 4.93. The molecule has 0 radical (unpaired) electrons. The van der Waals surface area contributed by atoms with Gasteiger partial charge in [0.15, 0.2) is 0 Å². The molecule has 0 saturated heterocycles. The Bertz CT molecular complexity index is 1090. The maximum atomic E-state index is 13.3. The van der Waals surface area contributed by atoms with Crippen molar-refractivity contribution >= 4 is 27.0 Å². The van der Waals surface area contributed by atoms with Crippen molar-refractivity contribution in [1.29, 1.82) is 0 Å². The van der Waals surface area contributed by atoms with Gasteiger partial charge in [0.25, 0.3) is 0 Å². The molecule has 0 fully saturated rings. The molecule has 2 N–H and O–H groups in total. The van der Waals surface area contributed by atoms with E-state index in [0.29, 0.717) is 5.75 Å². The van der Waals surface area contributed by atoms with Crippen molar-refractivity contribution in [2.75, 3.05) is 13.7 Å². The summed E-state index contributed by atoms with van der Waals surface area (Å²) in [5.41, 5.74) is 2.38. The summed E-state index contributed by atoms with van der Waals surface area (Å²) in [6.07, 6.45) is 1.46. The number of hydrogen-bond acceptors (Lipinski definition) is 5. The summed E-state index contributed by atoms with van der Waals surface area (Å²) in [5.74, 6) is -0.756. The van der Waals surface area contributed by atoms with Crippen molar-refractivity contribution in [3.8, 4) is 5.75 Å². The van der Waals surface area contributed by atoms with E-state index in [-0.39, 0.29) is 30.3 Å². The van der Waals surface area contributed by atoms with Crippen LogP contribution in [0.25, 0.3) is 11.0 Å². The molecule has 1 aromatic heterocycles. The number of sulfonamides is 1. The normalized spacial score (nSPS) is 12.9. The average molecular weight is 417 g/mol. The SMILES string of the molecule is COc1ccc(S(=O)(=O)N(Cc2ccc3nc[nH]c3c2)CC(C)CC(=O)O)cc1. The summed E-state index contributed by atoms with van der Waals surface area (Å²) in [6.45, 7) is 1.93. The molecule has 0 aliphatic rings. The van der Waals surface area contributed by atoms with Crippen LogP contribution in [-0.4, -0.2) is 47.4 Å². The van der Waals surface area contributed by atoms with Crippen LogP contribution in [0.4, 0.5) is 0 Å². The zero-order chi connectivity index (χ0) is 21.0. The van der Waals surface area contributed by atoms with Crippen molar-refractivity contribution in [1.82, 2.24) is 14.3 Å². The van der Waals surface area contributed by atoms with Crippen LogP contribution in [0.5, 0.6) is 5.75 Å². The lowest BCUT2D eigenvalue weighted by Crippen LogP contribution is -2.35. The zero-order valence-corrected chi connectivity index (χ0v) is 17.0. The minimum atomic E-state index is -3.84. The average Bonchev–Trinajstić information content (AvgIpc) is 3.14. The molecule has 1 unspecified atom stereocenters. The topological polar surface area (TPSA) is 113 Å². The minimum Gasteiger partial charge on any atom is -0.497 e. The Labute approximate surface area is 169 Å². The number of nitrogens with zero attached hydrogens (tertiary/aromatic N) is 2. The van der Waals surface area contributed by atoms with Gasteiger partial charge >= 0.3 is 5.97 Å². The second kappa shape index (κ2) is 8.62. The first-order valence-corrected chi connectivity index (χ1v) is 10.5. The molecule has 0 bridgehead atoms. The number of nitrogens with one attached hydrogen (secondary N) is 1. The monoisotopic (exact) mass is 417 g/mol. The fourth-order valence-electron chi connectivity index (χ4n) is 3.14. The highest BCUT2D eigenvalue weighted by atomic mass is 32.2. The molecule has 0 saturated carbocycles. The number of H-pyrrole nitrogens is 1. The van der Waals surface area contributed by atoms with Crippen LogP contribution in [0.15, 0.2) is 53.7 Å². The molecular weight excluding hydrogens is 394 g/mol. The van der Waals surface area contributed by atoms with Crippen LogP contribution < -0.4 is 4.74 Å². The van der Waals surface area contributed by atoms with Crippen LogP contribution in [0.2, 0.25) is 0 Å². The maximum Gasteiger partial charge on any atom is 0.303 e. The van der Waals surface area contributed by atoms with Crippen LogP contribution in [0.1, 0.15) is 18.9 Å². The second-order valence-corrected chi connectivity index (χ2v) is 8.87. The number of carboxylic acids is 1. The molecule has 0 amide bonds. The van der Waals surface area contributed by atoms with Gasteiger partial charge in [-0.2, -0.15) is 4.31 Å². The van der Waals surface area contributed by atoms with Gasteiger partial charge in [-0.25, -0.2) is 13.4 Å². The number of aromatic nitrogens is 2. The highest BCUT2D eigenvalue weighted by Crippen LogP contribution is 2.24. The molecule has 2 aromatic carbocycles. The smallest absolute Gasteiger partial charge is 0.303 e. The molecule has 9 heteroatoms. The summed E-state index contributed by atoms with van der Waals surface area (Å²) < 4.78 is 33.0. The van der Waals surface area contributed by atoms with E-state index in [2.05, 4.69) is 9.97 Å². The van der Waals surface area contributed by atoms with E-state index < -0.39 is 16.0 Å². The van der Waals surface area contributed by atoms with E-state index in [1.54, 1.807) is 25.4 Å². The molecule has 3 aromatic rings. The highest BCUT2D eigenvalue weighted by Gasteiger charge is 2.27. The number of benzene rings is 2. The second-order valence-electron chi connectivity index (χ2n) is 6.93.